The van der Waals surface area contributed by atoms with E-state index in [4.69, 9.17) is 9.84 Å². The molecule has 0 saturated heterocycles. The number of carboxylic acids is 1. The van der Waals surface area contributed by atoms with Crippen LogP contribution in [0.5, 0.6) is 11.5 Å². The number of ether oxygens (including phenoxy) is 2. The molecule has 0 unspecified atom stereocenters. The number of hydrogen-bond acceptors (Lipinski definition) is 6. The van der Waals surface area contributed by atoms with Crippen LogP contribution in [-0.4, -0.2) is 30.1 Å². The van der Waals surface area contributed by atoms with Crippen LogP contribution in [0.15, 0.2) is 41.3 Å². The van der Waals surface area contributed by atoms with Crippen LogP contribution in [0.3, 0.4) is 0 Å². The van der Waals surface area contributed by atoms with Crippen LogP contribution in [0.25, 0.3) is 0 Å². The number of benzene rings is 1. The highest BCUT2D eigenvalue weighted by atomic mass is 32.1. The average molecular weight is 429 g/mol. The third kappa shape index (κ3) is 5.57. The van der Waals surface area contributed by atoms with Crippen molar-refractivity contribution in [3.05, 3.63) is 51.7 Å². The van der Waals surface area contributed by atoms with Gasteiger partial charge >= 0.3 is 18.1 Å². The maximum atomic E-state index is 13.0. The van der Waals surface area contributed by atoms with E-state index in [0.29, 0.717) is 6.07 Å². The highest BCUT2D eigenvalue weighted by Gasteiger charge is 2.31. The van der Waals surface area contributed by atoms with Crippen LogP contribution in [0, 0.1) is 0 Å². The van der Waals surface area contributed by atoms with Crippen molar-refractivity contribution in [2.75, 3.05) is 12.4 Å². The largest absolute Gasteiger partial charge is 0.478 e. The van der Waals surface area contributed by atoms with Crippen molar-refractivity contribution in [1.82, 2.24) is 0 Å². The summed E-state index contributed by atoms with van der Waals surface area (Å²) in [6.45, 7) is 1.15. The maximum Gasteiger partial charge on any atom is 0.416 e. The number of thiophene rings is 1. The quantitative estimate of drug-likeness (QED) is 0.524. The molecule has 0 aliphatic carbocycles. The van der Waals surface area contributed by atoms with Crippen molar-refractivity contribution in [2.45, 2.75) is 13.1 Å². The van der Waals surface area contributed by atoms with Crippen molar-refractivity contribution in [1.29, 1.82) is 0 Å². The number of anilines is 1. The second kappa shape index (κ2) is 8.78. The topological polar surface area (TPSA) is 102 Å². The average Bonchev–Trinajstić information content (AvgIpc) is 3.09. The predicted octanol–water partition coefficient (Wildman–Crippen LogP) is 4.32. The zero-order chi connectivity index (χ0) is 21.8. The number of alkyl halides is 3. The van der Waals surface area contributed by atoms with Crippen LogP contribution >= 0.6 is 11.3 Å². The van der Waals surface area contributed by atoms with Gasteiger partial charge in [0.15, 0.2) is 16.4 Å². The molecule has 0 spiro atoms. The van der Waals surface area contributed by atoms with Crippen molar-refractivity contribution in [2.24, 2.45) is 0 Å². The Morgan fingerprint density at radius 3 is 2.45 bits per heavy atom. The van der Waals surface area contributed by atoms with Gasteiger partial charge in [-0.1, -0.05) is 0 Å². The van der Waals surface area contributed by atoms with E-state index >= 15 is 0 Å². The number of rotatable bonds is 6. The molecule has 1 amide bonds. The summed E-state index contributed by atoms with van der Waals surface area (Å²) < 4.78 is 49.3. The summed E-state index contributed by atoms with van der Waals surface area (Å²) in [5.74, 6) is -3.19. The van der Waals surface area contributed by atoms with Crippen LogP contribution in [0.2, 0.25) is 0 Å². The first-order valence-corrected chi connectivity index (χ1v) is 8.68. The zero-order valence-corrected chi connectivity index (χ0v) is 15.8. The Bertz CT molecular complexity index is 980. The molecule has 0 aliphatic heterocycles. The van der Waals surface area contributed by atoms with Gasteiger partial charge in [-0.05, 0) is 36.6 Å². The molecule has 2 N–H and O–H groups in total. The third-order valence-corrected chi connectivity index (χ3v) is 4.35. The first-order valence-electron chi connectivity index (χ1n) is 7.80. The van der Waals surface area contributed by atoms with E-state index in [1.807, 2.05) is 0 Å². The monoisotopic (exact) mass is 429 g/mol. The summed E-state index contributed by atoms with van der Waals surface area (Å²) in [7, 11) is 1.16. The standard InChI is InChI=1S/C18H14F3NO6S/c1-9(16(24)25)7-14(23)22-11-8-10(18(19,20)21)3-4-12(11)28-13-5-6-29-15(13)17(26)27-2/h3-8H,1-2H3,(H,22,23)(H,24,25)/b9-7+. The van der Waals surface area contributed by atoms with E-state index in [0.717, 1.165) is 43.6 Å². The lowest BCUT2D eigenvalue weighted by molar-refractivity contribution is -0.137. The van der Waals surface area contributed by atoms with Gasteiger partial charge in [-0.3, -0.25) is 4.79 Å². The lowest BCUT2D eigenvalue weighted by atomic mass is 10.1. The Balaban J connectivity index is 2.43. The van der Waals surface area contributed by atoms with Crippen LogP contribution in [-0.2, 0) is 20.5 Å². The highest BCUT2D eigenvalue weighted by molar-refractivity contribution is 7.12. The Morgan fingerprint density at radius 1 is 1.17 bits per heavy atom. The molecule has 0 radical (unpaired) electrons. The molecule has 0 atom stereocenters. The van der Waals surface area contributed by atoms with E-state index in [-0.39, 0.29) is 27.6 Å². The number of methoxy groups -OCH3 is 1. The van der Waals surface area contributed by atoms with Crippen LogP contribution in [0.1, 0.15) is 22.2 Å². The summed E-state index contributed by atoms with van der Waals surface area (Å²) in [4.78, 5) is 34.6. The molecular formula is C18H14F3NO6S. The number of halogens is 3. The van der Waals surface area contributed by atoms with Crippen molar-refractivity contribution >= 4 is 34.9 Å². The maximum absolute atomic E-state index is 13.0. The molecule has 1 aromatic carbocycles. The molecule has 1 heterocycles. The zero-order valence-electron chi connectivity index (χ0n) is 15.0. The number of carbonyl (C=O) groups is 3. The minimum Gasteiger partial charge on any atom is -0.478 e. The van der Waals surface area contributed by atoms with E-state index < -0.39 is 29.6 Å². The summed E-state index contributed by atoms with van der Waals surface area (Å²) in [6, 6.07) is 3.77. The van der Waals surface area contributed by atoms with Gasteiger partial charge in [0.25, 0.3) is 0 Å². The van der Waals surface area contributed by atoms with Crippen molar-refractivity contribution < 1.29 is 42.1 Å². The Labute approximate surface area is 166 Å². The molecule has 0 saturated carbocycles. The van der Waals surface area contributed by atoms with Gasteiger partial charge in [-0.15, -0.1) is 11.3 Å². The van der Waals surface area contributed by atoms with E-state index in [2.05, 4.69) is 10.1 Å². The number of hydrogen-bond donors (Lipinski definition) is 2. The first-order chi connectivity index (χ1) is 13.5. The molecule has 2 rings (SSSR count). The van der Waals surface area contributed by atoms with Gasteiger partial charge in [0.1, 0.15) is 0 Å². The summed E-state index contributed by atoms with van der Waals surface area (Å²) in [6.07, 6.45) is -3.97. The molecule has 0 fully saturated rings. The number of nitrogens with one attached hydrogen (secondary N) is 1. The van der Waals surface area contributed by atoms with Crippen molar-refractivity contribution in [3.8, 4) is 11.5 Å². The second-order valence-electron chi connectivity index (χ2n) is 5.54. The first kappa shape index (κ1) is 22.0. The lowest BCUT2D eigenvalue weighted by Gasteiger charge is -2.15. The molecule has 2 aromatic rings. The number of carbonyl (C=O) groups excluding carboxylic acids is 2. The van der Waals surface area contributed by atoms with E-state index in [1.54, 1.807) is 0 Å². The molecule has 29 heavy (non-hydrogen) atoms. The second-order valence-corrected chi connectivity index (χ2v) is 6.45. The normalized spacial score (nSPS) is 11.7. The fraction of sp³-hybridized carbons (Fsp3) is 0.167. The highest BCUT2D eigenvalue weighted by Crippen LogP contribution is 2.38. The van der Waals surface area contributed by atoms with Crippen LogP contribution < -0.4 is 10.1 Å². The van der Waals surface area contributed by atoms with Gasteiger partial charge in [-0.2, -0.15) is 13.2 Å². The van der Waals surface area contributed by atoms with Crippen molar-refractivity contribution in [3.63, 3.8) is 0 Å². The van der Waals surface area contributed by atoms with Gasteiger partial charge in [0.05, 0.1) is 18.4 Å². The summed E-state index contributed by atoms with van der Waals surface area (Å²) in [5, 5.41) is 12.5. The molecule has 7 nitrogen and oxygen atoms in total. The fourth-order valence-electron chi connectivity index (χ4n) is 2.06. The van der Waals surface area contributed by atoms with Gasteiger partial charge in [0.2, 0.25) is 5.91 Å². The van der Waals surface area contributed by atoms with E-state index in [1.165, 1.54) is 11.4 Å². The lowest BCUT2D eigenvalue weighted by Crippen LogP contribution is -2.13. The van der Waals surface area contributed by atoms with E-state index in [9.17, 15) is 27.6 Å². The predicted molar refractivity (Wildman–Crippen MR) is 97.2 cm³/mol. The number of carboxylic acid groups (broad SMARTS) is 1. The molecule has 0 bridgehead atoms. The minimum absolute atomic E-state index is 0.0226. The van der Waals surface area contributed by atoms with Gasteiger partial charge < -0.3 is 19.9 Å². The number of esters is 1. The van der Waals surface area contributed by atoms with Crippen LogP contribution in [0.4, 0.5) is 18.9 Å². The molecule has 154 valence electrons. The third-order valence-electron chi connectivity index (χ3n) is 3.47. The van der Waals surface area contributed by atoms with Gasteiger partial charge in [0, 0.05) is 11.6 Å². The fourth-order valence-corrected chi connectivity index (χ4v) is 2.79. The number of aliphatic carboxylic acids is 1. The van der Waals surface area contributed by atoms with Gasteiger partial charge in [-0.25, -0.2) is 9.59 Å². The summed E-state index contributed by atoms with van der Waals surface area (Å²) >= 11 is 0.999. The Kier molecular flexibility index (Phi) is 6.64. The molecule has 1 aromatic heterocycles. The number of amides is 1. The summed E-state index contributed by atoms with van der Waals surface area (Å²) in [5.41, 5.74) is -1.73. The minimum atomic E-state index is -4.69. The smallest absolute Gasteiger partial charge is 0.416 e. The SMILES string of the molecule is COC(=O)c1sccc1Oc1ccc(C(F)(F)F)cc1NC(=O)/C=C(\C)C(=O)O. The molecular weight excluding hydrogens is 415 g/mol. The molecule has 11 heteroatoms. The Hall–Kier alpha value is -3.34. The molecule has 0 aliphatic rings. The Morgan fingerprint density at radius 2 is 1.86 bits per heavy atom.